The lowest BCUT2D eigenvalue weighted by molar-refractivity contribution is -0.121. The smallest absolute Gasteiger partial charge is 0.367 e. The number of methoxy groups -OCH3 is 1. The molecule has 116 valence electrons. The average Bonchev–Trinajstić information content (AvgIpc) is 3.15. The van der Waals surface area contributed by atoms with Crippen molar-refractivity contribution < 1.29 is 14.3 Å². The Morgan fingerprint density at radius 3 is 2.86 bits per heavy atom. The lowest BCUT2D eigenvalue weighted by Gasteiger charge is -2.08. The minimum atomic E-state index is -0.477. The molecule has 1 N–H and O–H groups in total. The molecule has 1 aromatic heterocycles. The van der Waals surface area contributed by atoms with Crippen molar-refractivity contribution in [1.29, 1.82) is 0 Å². The van der Waals surface area contributed by atoms with E-state index in [1.165, 1.54) is 18.4 Å². The molecule has 0 spiro atoms. The van der Waals surface area contributed by atoms with Crippen LogP contribution in [0.25, 0.3) is 0 Å². The van der Waals surface area contributed by atoms with Gasteiger partial charge in [-0.3, -0.25) is 4.79 Å². The van der Waals surface area contributed by atoms with Gasteiger partial charge < -0.3 is 10.1 Å². The molecule has 7 nitrogen and oxygen atoms in total. The molecule has 0 saturated carbocycles. The maximum absolute atomic E-state index is 11.8. The lowest BCUT2D eigenvalue weighted by atomic mass is 10.0. The van der Waals surface area contributed by atoms with Crippen molar-refractivity contribution in [1.82, 2.24) is 10.3 Å². The molecular formula is C14H16N4O3S. The van der Waals surface area contributed by atoms with Gasteiger partial charge in [-0.25, -0.2) is 9.78 Å². The molecule has 0 radical (unpaired) electrons. The SMILES string of the molecule is C#CCCC1(CCC(=O)NCc2cnc(C(=O)OC)s2)N=N1. The maximum Gasteiger partial charge on any atom is 0.367 e. The number of hydrogen-bond acceptors (Lipinski definition) is 7. The zero-order chi connectivity index (χ0) is 16.0. The topological polar surface area (TPSA) is 93.0 Å². The second-order valence-electron chi connectivity index (χ2n) is 4.79. The quantitative estimate of drug-likeness (QED) is 0.585. The van der Waals surface area contributed by atoms with E-state index in [1.807, 2.05) is 0 Å². The molecule has 0 fully saturated rings. The van der Waals surface area contributed by atoms with E-state index in [4.69, 9.17) is 6.42 Å². The Hall–Kier alpha value is -2.27. The number of terminal acetylenes is 1. The highest BCUT2D eigenvalue weighted by Gasteiger charge is 2.39. The zero-order valence-corrected chi connectivity index (χ0v) is 13.0. The van der Waals surface area contributed by atoms with E-state index in [1.54, 1.807) is 6.20 Å². The monoisotopic (exact) mass is 320 g/mol. The largest absolute Gasteiger partial charge is 0.464 e. The summed E-state index contributed by atoms with van der Waals surface area (Å²) >= 11 is 1.20. The molecule has 1 aliphatic heterocycles. The van der Waals surface area contributed by atoms with Gasteiger partial charge in [-0.15, -0.1) is 23.7 Å². The van der Waals surface area contributed by atoms with E-state index in [0.29, 0.717) is 32.2 Å². The van der Waals surface area contributed by atoms with Gasteiger partial charge in [0, 0.05) is 36.8 Å². The molecule has 8 heteroatoms. The summed E-state index contributed by atoms with van der Waals surface area (Å²) < 4.78 is 4.58. The minimum absolute atomic E-state index is 0.0922. The number of hydrogen-bond donors (Lipinski definition) is 1. The van der Waals surface area contributed by atoms with Gasteiger partial charge in [-0.2, -0.15) is 10.2 Å². The molecule has 2 rings (SSSR count). The number of carbonyl (C=O) groups is 2. The predicted octanol–water partition coefficient (Wildman–Crippen LogP) is 1.90. The maximum atomic E-state index is 11.8. The molecule has 0 unspecified atom stereocenters. The summed E-state index contributed by atoms with van der Waals surface area (Å²) in [6, 6.07) is 0. The van der Waals surface area contributed by atoms with Gasteiger partial charge in [0.1, 0.15) is 0 Å². The Balaban J connectivity index is 1.71. The van der Waals surface area contributed by atoms with Gasteiger partial charge in [-0.1, -0.05) is 0 Å². The Morgan fingerprint density at radius 1 is 1.45 bits per heavy atom. The average molecular weight is 320 g/mol. The number of aromatic nitrogens is 1. The van der Waals surface area contributed by atoms with Crippen LogP contribution in [0.1, 0.15) is 40.4 Å². The second kappa shape index (κ2) is 7.13. The number of esters is 1. The summed E-state index contributed by atoms with van der Waals surface area (Å²) in [6.45, 7) is 0.332. The Kier molecular flexibility index (Phi) is 5.22. The van der Waals surface area contributed by atoms with Crippen LogP contribution in [0.2, 0.25) is 0 Å². The normalized spacial score (nSPS) is 14.2. The summed E-state index contributed by atoms with van der Waals surface area (Å²) in [6.07, 6.45) is 8.96. The lowest BCUT2D eigenvalue weighted by Crippen LogP contribution is -2.24. The van der Waals surface area contributed by atoms with E-state index < -0.39 is 11.6 Å². The molecule has 1 aliphatic rings. The molecule has 1 amide bonds. The fourth-order valence-electron chi connectivity index (χ4n) is 1.83. The number of amides is 1. The van der Waals surface area contributed by atoms with Crippen molar-refractivity contribution in [2.24, 2.45) is 10.2 Å². The third-order valence-electron chi connectivity index (χ3n) is 3.18. The van der Waals surface area contributed by atoms with E-state index in [9.17, 15) is 9.59 Å². The first kappa shape index (κ1) is 16.1. The fourth-order valence-corrected chi connectivity index (χ4v) is 2.60. The highest BCUT2D eigenvalue weighted by molar-refractivity contribution is 7.13. The van der Waals surface area contributed by atoms with Crippen molar-refractivity contribution in [3.05, 3.63) is 16.1 Å². The van der Waals surface area contributed by atoms with Crippen LogP contribution >= 0.6 is 11.3 Å². The van der Waals surface area contributed by atoms with Crippen LogP contribution < -0.4 is 5.32 Å². The van der Waals surface area contributed by atoms with Gasteiger partial charge in [0.2, 0.25) is 10.9 Å². The molecule has 2 heterocycles. The number of thiazole rings is 1. The molecule has 0 atom stereocenters. The standard InChI is InChI=1S/C14H16N4O3S/c1-3-4-6-14(17-18-14)7-5-11(19)15-8-10-9-16-12(22-10)13(20)21-2/h1,9H,4-8H2,2H3,(H,15,19). The highest BCUT2D eigenvalue weighted by Crippen LogP contribution is 2.37. The molecule has 0 aliphatic carbocycles. The van der Waals surface area contributed by atoms with Crippen molar-refractivity contribution in [2.75, 3.05) is 7.11 Å². The van der Waals surface area contributed by atoms with Crippen LogP contribution in [0.4, 0.5) is 0 Å². The van der Waals surface area contributed by atoms with Crippen molar-refractivity contribution in [3.8, 4) is 12.3 Å². The first-order valence-corrected chi connectivity index (χ1v) is 7.57. The molecule has 22 heavy (non-hydrogen) atoms. The predicted molar refractivity (Wildman–Crippen MR) is 80.2 cm³/mol. The third kappa shape index (κ3) is 4.36. The highest BCUT2D eigenvalue weighted by atomic mass is 32.1. The van der Waals surface area contributed by atoms with E-state index in [2.05, 4.69) is 31.2 Å². The molecular weight excluding hydrogens is 304 g/mol. The van der Waals surface area contributed by atoms with Gasteiger partial charge in [0.15, 0.2) is 5.66 Å². The summed E-state index contributed by atoms with van der Waals surface area (Å²) in [5, 5.41) is 11.0. The number of nitrogens with zero attached hydrogens (tertiary/aromatic N) is 3. The third-order valence-corrected chi connectivity index (χ3v) is 4.16. The van der Waals surface area contributed by atoms with Crippen molar-refractivity contribution in [3.63, 3.8) is 0 Å². The van der Waals surface area contributed by atoms with Gasteiger partial charge in [-0.05, 0) is 0 Å². The Labute approximate surface area is 132 Å². The Bertz CT molecular complexity index is 626. The molecule has 0 aromatic carbocycles. The van der Waals surface area contributed by atoms with Crippen molar-refractivity contribution >= 4 is 23.2 Å². The van der Waals surface area contributed by atoms with Gasteiger partial charge in [0.05, 0.1) is 13.7 Å². The van der Waals surface area contributed by atoms with Crippen LogP contribution in [0, 0.1) is 12.3 Å². The van der Waals surface area contributed by atoms with Crippen LogP contribution in [0.5, 0.6) is 0 Å². The van der Waals surface area contributed by atoms with Crippen LogP contribution in [0.3, 0.4) is 0 Å². The van der Waals surface area contributed by atoms with Crippen molar-refractivity contribution in [2.45, 2.75) is 37.9 Å². The minimum Gasteiger partial charge on any atom is -0.464 e. The first-order valence-electron chi connectivity index (χ1n) is 6.76. The van der Waals surface area contributed by atoms with E-state index in [-0.39, 0.29) is 10.9 Å². The van der Waals surface area contributed by atoms with E-state index in [0.717, 1.165) is 4.88 Å². The zero-order valence-electron chi connectivity index (χ0n) is 12.2. The number of ether oxygens (including phenoxy) is 1. The number of rotatable bonds is 8. The molecule has 0 saturated heterocycles. The fraction of sp³-hybridized carbons (Fsp3) is 0.500. The Morgan fingerprint density at radius 2 is 2.23 bits per heavy atom. The summed E-state index contributed by atoms with van der Waals surface area (Å²) in [5.41, 5.74) is -0.438. The first-order chi connectivity index (χ1) is 10.6. The van der Waals surface area contributed by atoms with Gasteiger partial charge in [0.25, 0.3) is 0 Å². The number of nitrogens with one attached hydrogen (secondary N) is 1. The molecule has 1 aromatic rings. The van der Waals surface area contributed by atoms with E-state index >= 15 is 0 Å². The summed E-state index contributed by atoms with van der Waals surface area (Å²) in [5.74, 6) is 1.98. The van der Waals surface area contributed by atoms with Gasteiger partial charge >= 0.3 is 5.97 Å². The summed E-state index contributed by atoms with van der Waals surface area (Å²) in [7, 11) is 1.30. The summed E-state index contributed by atoms with van der Waals surface area (Å²) in [4.78, 5) is 27.8. The van der Waals surface area contributed by atoms with Crippen LogP contribution in [-0.2, 0) is 16.1 Å². The second-order valence-corrected chi connectivity index (χ2v) is 5.90. The molecule has 0 bridgehead atoms. The van der Waals surface area contributed by atoms with Crippen LogP contribution in [-0.4, -0.2) is 29.6 Å². The van der Waals surface area contributed by atoms with Crippen LogP contribution in [0.15, 0.2) is 16.4 Å². The number of carbonyl (C=O) groups excluding carboxylic acids is 2.